The predicted octanol–water partition coefficient (Wildman–Crippen LogP) is 25.4. The van der Waals surface area contributed by atoms with Crippen LogP contribution in [0.4, 0.5) is 50.9 Å². The molecule has 2 atom stereocenters. The number of fused-ring (bicyclic) bond motifs is 11. The standard InChI is InChI=1S/C25H18N.C21H15F3N.C21H12N5.C19H9F6N2.2C13H7N6O2.3Ir/c1-17-14-15-23(26-16-17)22-13-7-12-21-19-10-5-6-11-20(19)24(25(21)22)18-8-3-2-4-9-18;1-13-10-11-25-18(12-13)16-8-5-7-15-14-6-3-4-9-17(14)20(2,19(15)16)21(22,23)24;1-3-9-16-14(6-1)8-5-11-18(16)20-23-25-21(26-24-20)19-17-10-4-2-7-15(17)12-13-22-19;20-18(21,22)11-7-8-16-14(10-11)12-4-3-5-13(15-6-1-2-9-26-15)17(12)27(16)19(23,24)25;2*20-19(21)10-6-4-9(5-7-10)12-15-17-13(18-16-12)11-3-1-2-8-14-11;;;/h2-12,14-16,24H,1H3;3-7,9-12H,1-2H3;1-10,12-13H;1-4,6-10H;2*1-4,6-8H;;;/q6*-1;;;. The monoisotopic (exact) mass is 2520 g/mol. The minimum atomic E-state index is -4.83. The molecule has 12 aromatic carbocycles. The van der Waals surface area contributed by atoms with Crippen molar-refractivity contribution < 1.29 is 110 Å². The number of aryl methyl sites for hydroxylation is 2. The van der Waals surface area contributed by atoms with E-state index >= 15 is 0 Å². The molecular weight excluding hydrogens is 2450 g/mol. The summed E-state index contributed by atoms with van der Waals surface area (Å²) >= 11 is 0. The summed E-state index contributed by atoms with van der Waals surface area (Å²) in [7, 11) is 0. The van der Waals surface area contributed by atoms with Gasteiger partial charge in [-0.2, -0.15) is 70.1 Å². The van der Waals surface area contributed by atoms with Gasteiger partial charge in [0, 0.05) is 124 Å². The number of non-ortho nitro benzene ring substituents is 2. The van der Waals surface area contributed by atoms with Crippen LogP contribution in [0.3, 0.4) is 0 Å². The average Bonchev–Trinajstić information content (AvgIpc) is 1.54. The molecule has 0 fully saturated rings. The van der Waals surface area contributed by atoms with Gasteiger partial charge in [0.1, 0.15) is 34.6 Å². The SMILES string of the molecule is Cc1ccc(-c2[c-]ccc3c2C(c2ccccc2)c2ccccc2-3)nc1.Cc1ccnc(-c2[c-]ccc3c2C(C)(C(F)(F)F)c2ccccc2-3)c1.FC(F)(F)c1ccc2c(c1)c1cc[c-]c(-c3ccccn3)c1n2C(F)(F)F.O=[N+]([O-])c1c[c-]c(-c2nnc(-c3ccccn3)nn2)cc1.O=[N+]([O-])c1c[c-]c(-c2nnc(-c3ccccn3)nn2)cc1.[Ir].[Ir].[Ir].[c-]1ccc2ccccc2c1-c1nnc(-c2nccc3ccccc23)nn1. The molecule has 3 radical (unpaired) electrons. The summed E-state index contributed by atoms with van der Waals surface area (Å²) in [6.07, 6.45) is -3.97. The molecule has 0 saturated carbocycles. The number of halogens is 9. The van der Waals surface area contributed by atoms with Crippen molar-refractivity contribution in [1.82, 2.24) is 95.7 Å². The molecule has 149 heavy (non-hydrogen) atoms. The van der Waals surface area contributed by atoms with Crippen molar-refractivity contribution in [1.29, 1.82) is 0 Å². The molecule has 24 rings (SSSR count). The average molecular weight is 2520 g/mol. The van der Waals surface area contributed by atoms with Crippen LogP contribution in [-0.4, -0.2) is 112 Å². The predicted molar refractivity (Wildman–Crippen MR) is 529 cm³/mol. The molecule has 2 aliphatic rings. The Balaban J connectivity index is 0.000000127. The summed E-state index contributed by atoms with van der Waals surface area (Å²) in [5.41, 5.74) is 13.5. The Morgan fingerprint density at radius 1 is 0.362 bits per heavy atom. The number of aromatic nitrogens is 19. The second-order valence-electron chi connectivity index (χ2n) is 33.1. The second kappa shape index (κ2) is 45.2. The third-order valence-electron chi connectivity index (χ3n) is 24.0. The van der Waals surface area contributed by atoms with Gasteiger partial charge in [-0.1, -0.05) is 234 Å². The number of nitro groups is 2. The number of nitro benzene ring substituents is 2. The van der Waals surface area contributed by atoms with Crippen LogP contribution >= 0.6 is 0 Å². The number of alkyl halides is 9. The van der Waals surface area contributed by atoms with E-state index in [1.165, 1.54) is 101 Å². The number of nitrogens with zero attached hydrogens (tertiary/aromatic N) is 21. The van der Waals surface area contributed by atoms with Crippen LogP contribution < -0.4 is 0 Å². The van der Waals surface area contributed by atoms with Crippen molar-refractivity contribution >= 4 is 54.7 Å². The Hall–Kier alpha value is -17.2. The van der Waals surface area contributed by atoms with E-state index in [2.05, 4.69) is 207 Å². The van der Waals surface area contributed by atoms with Crippen molar-refractivity contribution in [3.05, 3.63) is 454 Å². The van der Waals surface area contributed by atoms with Gasteiger partial charge >= 0.3 is 18.7 Å². The maximum absolute atomic E-state index is 14.2. The molecule has 2 aliphatic carbocycles. The molecule has 0 amide bonds. The number of rotatable bonds is 12. The molecular formula is C112H68F9Ir3N21O4-6. The van der Waals surface area contributed by atoms with E-state index in [9.17, 15) is 59.7 Å². The summed E-state index contributed by atoms with van der Waals surface area (Å²) < 4.78 is 123. The van der Waals surface area contributed by atoms with E-state index in [1.54, 1.807) is 104 Å². The van der Waals surface area contributed by atoms with Gasteiger partial charge in [0.15, 0.2) is 11.4 Å². The maximum atomic E-state index is 14.2. The van der Waals surface area contributed by atoms with E-state index in [0.29, 0.717) is 80.0 Å². The first-order chi connectivity index (χ1) is 70.7. The summed E-state index contributed by atoms with van der Waals surface area (Å²) in [4.78, 5) is 45.8. The van der Waals surface area contributed by atoms with Gasteiger partial charge in [0.25, 0.3) is 0 Å². The van der Waals surface area contributed by atoms with Crippen LogP contribution in [-0.2, 0) is 78.2 Å². The minimum absolute atomic E-state index is 0. The van der Waals surface area contributed by atoms with Crippen molar-refractivity contribution in [3.8, 4) is 125 Å². The molecule has 10 heterocycles. The molecule has 2 unspecified atom stereocenters. The van der Waals surface area contributed by atoms with Gasteiger partial charge in [-0.05, 0) is 141 Å². The van der Waals surface area contributed by atoms with E-state index in [1.807, 2.05) is 104 Å². The summed E-state index contributed by atoms with van der Waals surface area (Å²) in [6, 6.07) is 110. The third kappa shape index (κ3) is 22.2. The Morgan fingerprint density at radius 2 is 0.859 bits per heavy atom. The zero-order valence-corrected chi connectivity index (χ0v) is 84.7. The van der Waals surface area contributed by atoms with Gasteiger partial charge in [-0.15, -0.1) is 172 Å². The second-order valence-corrected chi connectivity index (χ2v) is 33.1. The molecule has 25 nitrogen and oxygen atoms in total. The van der Waals surface area contributed by atoms with Crippen molar-refractivity contribution in [2.75, 3.05) is 0 Å². The Labute approximate surface area is 882 Å². The van der Waals surface area contributed by atoms with Gasteiger partial charge in [0.05, 0.1) is 11.0 Å². The van der Waals surface area contributed by atoms with E-state index in [-0.39, 0.29) is 138 Å². The Morgan fingerprint density at radius 3 is 1.43 bits per heavy atom. The van der Waals surface area contributed by atoms with Crippen LogP contribution in [0.25, 0.3) is 168 Å². The van der Waals surface area contributed by atoms with Crippen molar-refractivity contribution in [2.45, 2.75) is 50.8 Å². The molecule has 741 valence electrons. The van der Waals surface area contributed by atoms with Gasteiger partial charge in [-0.25, -0.2) is 0 Å². The van der Waals surface area contributed by atoms with Gasteiger partial charge in [-0.3, -0.25) is 39.7 Å². The summed E-state index contributed by atoms with van der Waals surface area (Å²) in [5.74, 6) is 2.17. The number of pyridine rings is 6. The van der Waals surface area contributed by atoms with E-state index in [4.69, 9.17) is 0 Å². The number of hydrogen-bond donors (Lipinski definition) is 0. The van der Waals surface area contributed by atoms with Crippen LogP contribution in [0.2, 0.25) is 0 Å². The van der Waals surface area contributed by atoms with Gasteiger partial charge < -0.3 is 15.0 Å². The fourth-order valence-electron chi connectivity index (χ4n) is 17.1. The first-order valence-corrected chi connectivity index (χ1v) is 44.7. The fourth-order valence-corrected chi connectivity index (χ4v) is 17.1. The number of hydrogen-bond acceptors (Lipinski definition) is 22. The van der Waals surface area contributed by atoms with E-state index in [0.717, 1.165) is 56.1 Å². The molecule has 0 N–H and O–H groups in total. The van der Waals surface area contributed by atoms with Crippen LogP contribution in [0.1, 0.15) is 57.3 Å². The molecule has 0 spiro atoms. The first-order valence-electron chi connectivity index (χ1n) is 44.7. The Bertz CT molecular complexity index is 8310. The number of benzene rings is 12. The fraction of sp³-hybridized carbons (Fsp3) is 0.0714. The van der Waals surface area contributed by atoms with Gasteiger partial charge in [0.2, 0.25) is 17.5 Å². The zero-order chi connectivity index (χ0) is 101. The first kappa shape index (κ1) is 105. The van der Waals surface area contributed by atoms with Crippen LogP contribution in [0, 0.1) is 70.5 Å². The topological polar surface area (TPSA) is 323 Å². The molecule has 0 aliphatic heterocycles. The molecule has 10 aromatic heterocycles. The van der Waals surface area contributed by atoms with Crippen LogP contribution in [0.15, 0.2) is 353 Å². The third-order valence-corrected chi connectivity index (χ3v) is 24.0. The van der Waals surface area contributed by atoms with E-state index < -0.39 is 39.5 Å². The molecule has 37 heteroatoms. The molecule has 0 bridgehead atoms. The largest absolute Gasteiger partial charge is 0.481 e. The Kier molecular flexibility index (Phi) is 31.7. The maximum Gasteiger partial charge on any atom is 0.481 e. The quantitative estimate of drug-likeness (QED) is 0.0474. The van der Waals surface area contributed by atoms with Crippen molar-refractivity contribution in [3.63, 3.8) is 0 Å². The molecule has 0 saturated heterocycles. The smallest absolute Gasteiger partial charge is 0.305 e. The summed E-state index contributed by atoms with van der Waals surface area (Å²) in [6.45, 7) is 5.22. The normalized spacial score (nSPS) is 12.9. The minimum Gasteiger partial charge on any atom is -0.305 e. The van der Waals surface area contributed by atoms with Crippen molar-refractivity contribution in [2.24, 2.45) is 0 Å². The van der Waals surface area contributed by atoms with Crippen LogP contribution in [0.5, 0.6) is 0 Å². The zero-order valence-electron chi connectivity index (χ0n) is 77.5. The summed E-state index contributed by atoms with van der Waals surface area (Å²) in [5, 5.41) is 73.9. The molecule has 22 aromatic rings.